The van der Waals surface area contributed by atoms with Gasteiger partial charge in [0, 0.05) is 18.0 Å². The SMILES string of the molecule is O=C(NCc1cc(-c2ccncc2)n(C2CCCC2)n1)c1ccc(Br)o1. The molecule has 1 aliphatic rings. The molecule has 26 heavy (non-hydrogen) atoms. The van der Waals surface area contributed by atoms with Crippen LogP contribution in [-0.4, -0.2) is 20.7 Å². The Morgan fingerprint density at radius 1 is 1.23 bits per heavy atom. The number of pyridine rings is 1. The fourth-order valence-electron chi connectivity index (χ4n) is 3.39. The quantitative estimate of drug-likeness (QED) is 0.673. The molecule has 3 aromatic rings. The maximum absolute atomic E-state index is 12.2. The van der Waals surface area contributed by atoms with Crippen molar-refractivity contribution in [2.24, 2.45) is 0 Å². The monoisotopic (exact) mass is 414 g/mol. The number of aromatic nitrogens is 3. The number of rotatable bonds is 5. The minimum Gasteiger partial charge on any atom is -0.444 e. The van der Waals surface area contributed by atoms with Gasteiger partial charge in [0.2, 0.25) is 0 Å². The first-order valence-electron chi connectivity index (χ1n) is 8.73. The number of nitrogens with one attached hydrogen (secondary N) is 1. The van der Waals surface area contributed by atoms with Gasteiger partial charge in [-0.3, -0.25) is 14.5 Å². The van der Waals surface area contributed by atoms with Crippen LogP contribution in [0.2, 0.25) is 0 Å². The molecule has 0 spiro atoms. The zero-order valence-corrected chi connectivity index (χ0v) is 15.8. The molecule has 1 N–H and O–H groups in total. The number of nitrogens with zero attached hydrogens (tertiary/aromatic N) is 3. The van der Waals surface area contributed by atoms with E-state index in [0.717, 1.165) is 29.8 Å². The minimum atomic E-state index is -0.253. The highest BCUT2D eigenvalue weighted by Crippen LogP contribution is 2.33. The number of hydrogen-bond donors (Lipinski definition) is 1. The van der Waals surface area contributed by atoms with Crippen LogP contribution in [0.4, 0.5) is 0 Å². The molecule has 1 saturated carbocycles. The fourth-order valence-corrected chi connectivity index (χ4v) is 3.70. The standard InChI is InChI=1S/C19H19BrN4O2/c20-18-6-5-17(26-18)19(25)22-12-14-11-16(13-7-9-21-10-8-13)24(23-14)15-3-1-2-4-15/h5-11,15H,1-4,12H2,(H,22,25). The van der Waals surface area contributed by atoms with Gasteiger partial charge in [-0.1, -0.05) is 12.8 Å². The van der Waals surface area contributed by atoms with E-state index < -0.39 is 0 Å². The van der Waals surface area contributed by atoms with Crippen LogP contribution in [0.1, 0.15) is 48.0 Å². The molecule has 0 atom stereocenters. The zero-order chi connectivity index (χ0) is 17.9. The summed E-state index contributed by atoms with van der Waals surface area (Å²) in [5.74, 6) is 0.0260. The van der Waals surface area contributed by atoms with Gasteiger partial charge < -0.3 is 9.73 Å². The molecule has 0 aliphatic heterocycles. The summed E-state index contributed by atoms with van der Waals surface area (Å²) in [5, 5.41) is 7.65. The predicted molar refractivity (Wildman–Crippen MR) is 101 cm³/mol. The van der Waals surface area contributed by atoms with Gasteiger partial charge in [0.15, 0.2) is 10.4 Å². The molecule has 4 rings (SSSR count). The minimum absolute atomic E-state index is 0.253. The van der Waals surface area contributed by atoms with Crippen molar-refractivity contribution in [2.45, 2.75) is 38.3 Å². The zero-order valence-electron chi connectivity index (χ0n) is 14.2. The third-order valence-electron chi connectivity index (χ3n) is 4.66. The Labute approximate surface area is 159 Å². The van der Waals surface area contributed by atoms with Gasteiger partial charge in [-0.25, -0.2) is 0 Å². The van der Waals surface area contributed by atoms with E-state index in [1.54, 1.807) is 24.5 Å². The number of halogens is 1. The second-order valence-corrected chi connectivity index (χ2v) is 7.21. The lowest BCUT2D eigenvalue weighted by molar-refractivity contribution is 0.0921. The van der Waals surface area contributed by atoms with E-state index in [1.807, 2.05) is 18.2 Å². The highest BCUT2D eigenvalue weighted by molar-refractivity contribution is 9.10. The third-order valence-corrected chi connectivity index (χ3v) is 5.09. The summed E-state index contributed by atoms with van der Waals surface area (Å²) in [6, 6.07) is 9.79. The van der Waals surface area contributed by atoms with Gasteiger partial charge in [0.1, 0.15) is 0 Å². The molecular formula is C19H19BrN4O2. The third kappa shape index (κ3) is 3.58. The Balaban J connectivity index is 1.55. The molecule has 7 heteroatoms. The van der Waals surface area contributed by atoms with E-state index in [0.29, 0.717) is 17.3 Å². The Kier molecular flexibility index (Phi) is 4.88. The summed E-state index contributed by atoms with van der Waals surface area (Å²) >= 11 is 3.21. The average Bonchev–Trinajstić information content (AvgIpc) is 3.40. The predicted octanol–water partition coefficient (Wildman–Crippen LogP) is 4.35. The molecule has 6 nitrogen and oxygen atoms in total. The first-order valence-corrected chi connectivity index (χ1v) is 9.52. The van der Waals surface area contributed by atoms with E-state index in [1.165, 1.54) is 12.8 Å². The molecule has 1 fully saturated rings. The lowest BCUT2D eigenvalue weighted by Crippen LogP contribution is -2.22. The van der Waals surface area contributed by atoms with E-state index in [9.17, 15) is 4.79 Å². The summed E-state index contributed by atoms with van der Waals surface area (Å²) in [4.78, 5) is 16.3. The molecule has 1 amide bonds. The van der Waals surface area contributed by atoms with Gasteiger partial charge in [0.25, 0.3) is 5.91 Å². The van der Waals surface area contributed by atoms with Crippen molar-refractivity contribution in [1.82, 2.24) is 20.1 Å². The molecular weight excluding hydrogens is 396 g/mol. The summed E-state index contributed by atoms with van der Waals surface area (Å²) < 4.78 is 7.94. The van der Waals surface area contributed by atoms with Gasteiger partial charge in [-0.05, 0) is 59.1 Å². The van der Waals surface area contributed by atoms with Crippen LogP contribution in [0, 0.1) is 0 Å². The van der Waals surface area contributed by atoms with Crippen LogP contribution in [-0.2, 0) is 6.54 Å². The molecule has 0 radical (unpaired) electrons. The maximum atomic E-state index is 12.2. The maximum Gasteiger partial charge on any atom is 0.287 e. The van der Waals surface area contributed by atoms with Gasteiger partial charge in [-0.2, -0.15) is 5.10 Å². The van der Waals surface area contributed by atoms with E-state index in [2.05, 4.69) is 30.9 Å². The number of carbonyl (C=O) groups is 1. The lowest BCUT2D eigenvalue weighted by Gasteiger charge is -2.14. The molecule has 134 valence electrons. The molecule has 3 aromatic heterocycles. The van der Waals surface area contributed by atoms with Gasteiger partial charge in [-0.15, -0.1) is 0 Å². The van der Waals surface area contributed by atoms with Crippen LogP contribution in [0.5, 0.6) is 0 Å². The molecule has 3 heterocycles. The first kappa shape index (κ1) is 17.0. The average molecular weight is 415 g/mol. The van der Waals surface area contributed by atoms with Crippen LogP contribution in [0.15, 0.2) is 51.8 Å². The Morgan fingerprint density at radius 2 is 2.00 bits per heavy atom. The van der Waals surface area contributed by atoms with E-state index in [4.69, 9.17) is 9.52 Å². The van der Waals surface area contributed by atoms with Crippen LogP contribution in [0.25, 0.3) is 11.3 Å². The molecule has 1 aliphatic carbocycles. The van der Waals surface area contributed by atoms with E-state index >= 15 is 0 Å². The largest absolute Gasteiger partial charge is 0.444 e. The lowest BCUT2D eigenvalue weighted by atomic mass is 10.1. The molecule has 0 aromatic carbocycles. The Bertz CT molecular complexity index is 897. The van der Waals surface area contributed by atoms with E-state index in [-0.39, 0.29) is 11.7 Å². The van der Waals surface area contributed by atoms with Gasteiger partial charge in [0.05, 0.1) is 24.0 Å². The van der Waals surface area contributed by atoms with Crippen LogP contribution < -0.4 is 5.32 Å². The van der Waals surface area contributed by atoms with Crippen molar-refractivity contribution in [2.75, 3.05) is 0 Å². The van der Waals surface area contributed by atoms with Gasteiger partial charge >= 0.3 is 0 Å². The summed E-state index contributed by atoms with van der Waals surface area (Å²) in [6.45, 7) is 0.356. The number of carbonyl (C=O) groups excluding carboxylic acids is 1. The second kappa shape index (κ2) is 7.45. The van der Waals surface area contributed by atoms with Crippen LogP contribution in [0.3, 0.4) is 0 Å². The van der Waals surface area contributed by atoms with Crippen molar-refractivity contribution in [1.29, 1.82) is 0 Å². The smallest absolute Gasteiger partial charge is 0.287 e. The summed E-state index contributed by atoms with van der Waals surface area (Å²) in [6.07, 6.45) is 8.34. The molecule has 0 unspecified atom stereocenters. The van der Waals surface area contributed by atoms with Crippen molar-refractivity contribution < 1.29 is 9.21 Å². The highest BCUT2D eigenvalue weighted by atomic mass is 79.9. The Morgan fingerprint density at radius 3 is 2.69 bits per heavy atom. The second-order valence-electron chi connectivity index (χ2n) is 6.43. The van der Waals surface area contributed by atoms with Crippen molar-refractivity contribution in [3.05, 3.63) is 58.8 Å². The van der Waals surface area contributed by atoms with Crippen LogP contribution >= 0.6 is 15.9 Å². The first-order chi connectivity index (χ1) is 12.7. The van der Waals surface area contributed by atoms with Crippen molar-refractivity contribution in [3.8, 4) is 11.3 Å². The fraction of sp³-hybridized carbons (Fsp3) is 0.316. The number of amides is 1. The summed E-state index contributed by atoms with van der Waals surface area (Å²) in [7, 11) is 0. The number of hydrogen-bond acceptors (Lipinski definition) is 4. The number of furan rings is 1. The molecule has 0 bridgehead atoms. The van der Waals surface area contributed by atoms with Crippen molar-refractivity contribution in [3.63, 3.8) is 0 Å². The topological polar surface area (TPSA) is 73.0 Å². The highest BCUT2D eigenvalue weighted by Gasteiger charge is 2.22. The molecule has 0 saturated heterocycles. The normalized spacial score (nSPS) is 14.7. The summed E-state index contributed by atoms with van der Waals surface area (Å²) in [5.41, 5.74) is 3.00. The Hall–Kier alpha value is -2.41. The van der Waals surface area contributed by atoms with Crippen molar-refractivity contribution >= 4 is 21.8 Å².